The first-order valence-corrected chi connectivity index (χ1v) is 4.11. The molecule has 0 aromatic heterocycles. The fourth-order valence-electron chi connectivity index (χ4n) is 0.637. The molecule has 3 heteroatoms. The Bertz CT molecular complexity index is 130. The van der Waals surface area contributed by atoms with Crippen LogP contribution in [-0.4, -0.2) is 25.3 Å². The van der Waals surface area contributed by atoms with Gasteiger partial charge in [0.25, 0.3) is 0 Å². The summed E-state index contributed by atoms with van der Waals surface area (Å²) in [7, 11) is 0. The van der Waals surface area contributed by atoms with Gasteiger partial charge < -0.3 is 9.47 Å². The zero-order valence-electron chi connectivity index (χ0n) is 8.22. The molecule has 0 heterocycles. The van der Waals surface area contributed by atoms with Crippen LogP contribution in [0, 0.1) is 5.92 Å². The number of carbonyl (C=O) groups excluding carboxylic acids is 1. The lowest BCUT2D eigenvalue weighted by Gasteiger charge is -2.24. The van der Waals surface area contributed by atoms with Gasteiger partial charge in [-0.15, -0.1) is 0 Å². The molecule has 0 aliphatic heterocycles. The zero-order valence-corrected chi connectivity index (χ0v) is 8.22. The second-order valence-electron chi connectivity index (χ2n) is 3.84. The highest BCUT2D eigenvalue weighted by molar-refractivity contribution is 5.38. The largest absolute Gasteiger partial charge is 0.454 e. The standard InChI is InChI=1S/C9H17O3/c1-8(2)5-12-9(3,4)6-11-7-10/h8H,5-6H2,1-4H3. The molecule has 71 valence electrons. The highest BCUT2D eigenvalue weighted by Crippen LogP contribution is 2.10. The Morgan fingerprint density at radius 1 is 1.42 bits per heavy atom. The van der Waals surface area contributed by atoms with Crippen molar-refractivity contribution in [1.29, 1.82) is 0 Å². The summed E-state index contributed by atoms with van der Waals surface area (Å²) >= 11 is 0. The molecule has 0 bridgehead atoms. The van der Waals surface area contributed by atoms with E-state index in [1.54, 1.807) is 0 Å². The van der Waals surface area contributed by atoms with Crippen LogP contribution in [0.4, 0.5) is 0 Å². The smallest absolute Gasteiger partial charge is 0.417 e. The first-order chi connectivity index (χ1) is 5.48. The van der Waals surface area contributed by atoms with Gasteiger partial charge in [-0.2, -0.15) is 0 Å². The molecule has 0 saturated carbocycles. The SMILES string of the molecule is CC(C)COC(C)(C)CO[C]=O. The molecule has 0 unspecified atom stereocenters. The van der Waals surface area contributed by atoms with Gasteiger partial charge in [0.2, 0.25) is 0 Å². The second-order valence-corrected chi connectivity index (χ2v) is 3.84. The first-order valence-electron chi connectivity index (χ1n) is 4.11. The van der Waals surface area contributed by atoms with Gasteiger partial charge in [-0.1, -0.05) is 13.8 Å². The zero-order chi connectivity index (χ0) is 9.61. The fraction of sp³-hybridized carbons (Fsp3) is 0.889. The molecule has 1 radical (unpaired) electrons. The highest BCUT2D eigenvalue weighted by atomic mass is 16.6. The second kappa shape index (κ2) is 5.14. The van der Waals surface area contributed by atoms with Crippen molar-refractivity contribution in [2.45, 2.75) is 33.3 Å². The lowest BCUT2D eigenvalue weighted by molar-refractivity contribution is -0.0602. The Balaban J connectivity index is 3.62. The molecule has 0 atom stereocenters. The van der Waals surface area contributed by atoms with Crippen molar-refractivity contribution < 1.29 is 14.3 Å². The minimum absolute atomic E-state index is 0.253. The summed E-state index contributed by atoms with van der Waals surface area (Å²) in [6.07, 6.45) is 0. The van der Waals surface area contributed by atoms with Crippen molar-refractivity contribution in [2.24, 2.45) is 5.92 Å². The molecular weight excluding hydrogens is 156 g/mol. The fourth-order valence-corrected chi connectivity index (χ4v) is 0.637. The van der Waals surface area contributed by atoms with Crippen molar-refractivity contribution >= 4 is 6.47 Å². The van der Waals surface area contributed by atoms with Crippen LogP contribution in [0.15, 0.2) is 0 Å². The summed E-state index contributed by atoms with van der Waals surface area (Å²) in [5.74, 6) is 0.490. The summed E-state index contributed by atoms with van der Waals surface area (Å²) in [6, 6.07) is 0. The Labute approximate surface area is 74.0 Å². The monoisotopic (exact) mass is 173 g/mol. The molecule has 12 heavy (non-hydrogen) atoms. The summed E-state index contributed by atoms with van der Waals surface area (Å²) in [6.45, 7) is 10.2. The van der Waals surface area contributed by atoms with E-state index in [0.29, 0.717) is 12.5 Å². The van der Waals surface area contributed by atoms with Gasteiger partial charge in [-0.3, -0.25) is 0 Å². The van der Waals surface area contributed by atoms with Crippen LogP contribution in [0.25, 0.3) is 0 Å². The molecule has 0 aromatic carbocycles. The van der Waals surface area contributed by atoms with Gasteiger partial charge in [-0.05, 0) is 19.8 Å². The van der Waals surface area contributed by atoms with E-state index >= 15 is 0 Å². The van der Waals surface area contributed by atoms with E-state index in [0.717, 1.165) is 0 Å². The van der Waals surface area contributed by atoms with E-state index in [9.17, 15) is 4.79 Å². The third-order valence-corrected chi connectivity index (χ3v) is 1.29. The summed E-state index contributed by atoms with van der Waals surface area (Å²) in [4.78, 5) is 9.79. The van der Waals surface area contributed by atoms with Crippen LogP contribution in [-0.2, 0) is 14.3 Å². The lowest BCUT2D eigenvalue weighted by atomic mass is 10.1. The normalized spacial score (nSPS) is 11.8. The van der Waals surface area contributed by atoms with Crippen LogP contribution < -0.4 is 0 Å². The number of rotatable bonds is 6. The van der Waals surface area contributed by atoms with E-state index in [1.165, 1.54) is 6.47 Å². The molecular formula is C9H17O3. The maximum absolute atomic E-state index is 9.79. The van der Waals surface area contributed by atoms with Gasteiger partial charge in [0.05, 0.1) is 5.60 Å². The van der Waals surface area contributed by atoms with Gasteiger partial charge in [-0.25, -0.2) is 4.79 Å². The lowest BCUT2D eigenvalue weighted by Crippen LogP contribution is -2.32. The van der Waals surface area contributed by atoms with Crippen molar-refractivity contribution in [1.82, 2.24) is 0 Å². The third-order valence-electron chi connectivity index (χ3n) is 1.29. The van der Waals surface area contributed by atoms with E-state index in [1.807, 2.05) is 13.8 Å². The van der Waals surface area contributed by atoms with E-state index < -0.39 is 5.60 Å². The highest BCUT2D eigenvalue weighted by Gasteiger charge is 2.19. The molecule has 0 aliphatic carbocycles. The predicted molar refractivity (Wildman–Crippen MR) is 46.5 cm³/mol. The number of ether oxygens (including phenoxy) is 2. The molecule has 0 spiro atoms. The van der Waals surface area contributed by atoms with Crippen molar-refractivity contribution in [2.75, 3.05) is 13.2 Å². The number of hydrogen-bond donors (Lipinski definition) is 0. The topological polar surface area (TPSA) is 35.5 Å². The van der Waals surface area contributed by atoms with Gasteiger partial charge >= 0.3 is 6.47 Å². The minimum atomic E-state index is -0.401. The van der Waals surface area contributed by atoms with Crippen LogP contribution in [0.2, 0.25) is 0 Å². The molecule has 0 N–H and O–H groups in total. The maximum Gasteiger partial charge on any atom is 0.417 e. The minimum Gasteiger partial charge on any atom is -0.454 e. The Hall–Kier alpha value is -0.570. The van der Waals surface area contributed by atoms with E-state index in [2.05, 4.69) is 18.6 Å². The third kappa shape index (κ3) is 6.16. The Kier molecular flexibility index (Phi) is 4.90. The van der Waals surface area contributed by atoms with Crippen molar-refractivity contribution in [3.05, 3.63) is 0 Å². The summed E-state index contributed by atoms with van der Waals surface area (Å²) < 4.78 is 9.99. The van der Waals surface area contributed by atoms with E-state index in [4.69, 9.17) is 4.74 Å². The first kappa shape index (κ1) is 11.4. The maximum atomic E-state index is 9.79. The van der Waals surface area contributed by atoms with Gasteiger partial charge in [0.1, 0.15) is 6.61 Å². The van der Waals surface area contributed by atoms with Crippen molar-refractivity contribution in [3.63, 3.8) is 0 Å². The van der Waals surface area contributed by atoms with Crippen molar-refractivity contribution in [3.8, 4) is 0 Å². The van der Waals surface area contributed by atoms with Crippen LogP contribution in [0.1, 0.15) is 27.7 Å². The van der Waals surface area contributed by atoms with Crippen LogP contribution in [0.5, 0.6) is 0 Å². The Morgan fingerprint density at radius 3 is 2.42 bits per heavy atom. The Morgan fingerprint density at radius 2 is 2.00 bits per heavy atom. The molecule has 0 rings (SSSR count). The van der Waals surface area contributed by atoms with Gasteiger partial charge in [0.15, 0.2) is 0 Å². The van der Waals surface area contributed by atoms with Gasteiger partial charge in [0, 0.05) is 6.61 Å². The van der Waals surface area contributed by atoms with Crippen LogP contribution in [0.3, 0.4) is 0 Å². The average molecular weight is 173 g/mol. The molecule has 0 amide bonds. The average Bonchev–Trinajstić information content (AvgIpc) is 1.98. The molecule has 0 saturated heterocycles. The quantitative estimate of drug-likeness (QED) is 0.611. The molecule has 0 aromatic rings. The number of hydrogen-bond acceptors (Lipinski definition) is 3. The predicted octanol–water partition coefficient (Wildman–Crippen LogP) is 1.52. The van der Waals surface area contributed by atoms with E-state index in [-0.39, 0.29) is 6.61 Å². The molecule has 3 nitrogen and oxygen atoms in total. The van der Waals surface area contributed by atoms with Crippen LogP contribution >= 0.6 is 0 Å². The molecule has 0 fully saturated rings. The summed E-state index contributed by atoms with van der Waals surface area (Å²) in [5.41, 5.74) is -0.401. The summed E-state index contributed by atoms with van der Waals surface area (Å²) in [5, 5.41) is 0. The molecule has 0 aliphatic rings.